The van der Waals surface area contributed by atoms with E-state index in [1.54, 1.807) is 12.4 Å². The summed E-state index contributed by atoms with van der Waals surface area (Å²) in [5, 5.41) is 3.97. The lowest BCUT2D eigenvalue weighted by Gasteiger charge is -2.22. The molecule has 3 nitrogen and oxygen atoms in total. The first kappa shape index (κ1) is 16.0. The highest BCUT2D eigenvalue weighted by atomic mass is 35.5. The SMILES string of the molecule is Fc1ccc(Cc2cncnc2C2CCC3(CCNC3)C2)c(Cl)c1. The Morgan fingerprint density at radius 1 is 1.29 bits per heavy atom. The first-order valence-electron chi connectivity index (χ1n) is 8.59. The fourth-order valence-electron chi connectivity index (χ4n) is 4.37. The number of hydrogen-bond donors (Lipinski definition) is 1. The largest absolute Gasteiger partial charge is 0.316 e. The standard InChI is InChI=1S/C19H21ClFN3/c20-17-8-16(21)2-1-13(17)7-15-10-23-12-24-18(15)14-3-4-19(9-14)5-6-22-11-19/h1-2,8,10,12,14,22H,3-7,9,11H2. The second-order valence-electron chi connectivity index (χ2n) is 7.21. The summed E-state index contributed by atoms with van der Waals surface area (Å²) in [6.07, 6.45) is 9.10. The average molecular weight is 346 g/mol. The van der Waals surface area contributed by atoms with Gasteiger partial charge in [0.2, 0.25) is 0 Å². The molecule has 2 aliphatic rings. The third kappa shape index (κ3) is 3.05. The molecule has 126 valence electrons. The number of halogens is 2. The number of rotatable bonds is 3. The molecule has 5 heteroatoms. The molecule has 2 fully saturated rings. The Morgan fingerprint density at radius 2 is 2.21 bits per heavy atom. The molecule has 1 N–H and O–H groups in total. The number of nitrogens with zero attached hydrogens (tertiary/aromatic N) is 2. The summed E-state index contributed by atoms with van der Waals surface area (Å²) in [6, 6.07) is 4.58. The molecular formula is C19H21ClFN3. The Bertz CT molecular complexity index is 743. The zero-order valence-corrected chi connectivity index (χ0v) is 14.3. The monoisotopic (exact) mass is 345 g/mol. The topological polar surface area (TPSA) is 37.8 Å². The van der Waals surface area contributed by atoms with Crippen LogP contribution in [-0.2, 0) is 6.42 Å². The third-order valence-electron chi connectivity index (χ3n) is 5.64. The van der Waals surface area contributed by atoms with Crippen LogP contribution in [0.3, 0.4) is 0 Å². The maximum Gasteiger partial charge on any atom is 0.124 e. The van der Waals surface area contributed by atoms with Gasteiger partial charge in [0.05, 0.1) is 5.69 Å². The molecule has 24 heavy (non-hydrogen) atoms. The van der Waals surface area contributed by atoms with Crippen LogP contribution in [0.25, 0.3) is 0 Å². The fraction of sp³-hybridized carbons (Fsp3) is 0.474. The van der Waals surface area contributed by atoms with E-state index in [9.17, 15) is 4.39 Å². The van der Waals surface area contributed by atoms with Crippen LogP contribution in [0.5, 0.6) is 0 Å². The smallest absolute Gasteiger partial charge is 0.124 e. The van der Waals surface area contributed by atoms with Crippen molar-refractivity contribution in [2.24, 2.45) is 5.41 Å². The molecule has 1 aliphatic heterocycles. The maximum absolute atomic E-state index is 13.3. The highest BCUT2D eigenvalue weighted by molar-refractivity contribution is 6.31. The summed E-state index contributed by atoms with van der Waals surface area (Å²) in [7, 11) is 0. The van der Waals surface area contributed by atoms with Gasteiger partial charge in [0.15, 0.2) is 0 Å². The Hall–Kier alpha value is -1.52. The van der Waals surface area contributed by atoms with Crippen LogP contribution in [0.4, 0.5) is 4.39 Å². The van der Waals surface area contributed by atoms with Crippen LogP contribution in [0.15, 0.2) is 30.7 Å². The zero-order chi connectivity index (χ0) is 16.6. The molecule has 1 saturated heterocycles. The van der Waals surface area contributed by atoms with Gasteiger partial charge in [-0.3, -0.25) is 0 Å². The number of benzene rings is 1. The predicted molar refractivity (Wildman–Crippen MR) is 92.8 cm³/mol. The van der Waals surface area contributed by atoms with Crippen molar-refractivity contribution in [3.63, 3.8) is 0 Å². The van der Waals surface area contributed by atoms with Crippen molar-refractivity contribution in [1.82, 2.24) is 15.3 Å². The molecule has 0 radical (unpaired) electrons. The molecule has 2 aromatic rings. The van der Waals surface area contributed by atoms with E-state index in [1.807, 2.05) is 6.20 Å². The Morgan fingerprint density at radius 3 is 3.00 bits per heavy atom. The van der Waals surface area contributed by atoms with E-state index >= 15 is 0 Å². The van der Waals surface area contributed by atoms with Crippen LogP contribution < -0.4 is 5.32 Å². The number of hydrogen-bond acceptors (Lipinski definition) is 3. The molecular weight excluding hydrogens is 325 g/mol. The van der Waals surface area contributed by atoms with Gasteiger partial charge in [-0.2, -0.15) is 0 Å². The molecule has 1 aliphatic carbocycles. The molecule has 2 atom stereocenters. The lowest BCUT2D eigenvalue weighted by atomic mass is 9.83. The van der Waals surface area contributed by atoms with E-state index in [4.69, 9.17) is 11.6 Å². The number of aromatic nitrogens is 2. The predicted octanol–water partition coefficient (Wildman–Crippen LogP) is 4.11. The first-order valence-corrected chi connectivity index (χ1v) is 8.96. The van der Waals surface area contributed by atoms with E-state index in [1.165, 1.54) is 37.8 Å². The van der Waals surface area contributed by atoms with Crippen molar-refractivity contribution >= 4 is 11.6 Å². The highest BCUT2D eigenvalue weighted by Crippen LogP contribution is 2.50. The second kappa shape index (κ2) is 6.41. The molecule has 0 bridgehead atoms. The van der Waals surface area contributed by atoms with Gasteiger partial charge in [-0.05, 0) is 60.9 Å². The summed E-state index contributed by atoms with van der Waals surface area (Å²) in [4.78, 5) is 8.82. The minimum absolute atomic E-state index is 0.306. The van der Waals surface area contributed by atoms with Crippen molar-refractivity contribution < 1.29 is 4.39 Å². The highest BCUT2D eigenvalue weighted by Gasteiger charge is 2.42. The molecule has 1 aromatic carbocycles. The van der Waals surface area contributed by atoms with Gasteiger partial charge < -0.3 is 5.32 Å². The van der Waals surface area contributed by atoms with Crippen molar-refractivity contribution in [3.05, 3.63) is 58.4 Å². The lowest BCUT2D eigenvalue weighted by molar-refractivity contribution is 0.330. The molecule has 2 unspecified atom stereocenters. The van der Waals surface area contributed by atoms with E-state index in [0.717, 1.165) is 29.9 Å². The van der Waals surface area contributed by atoms with E-state index < -0.39 is 0 Å². The Kier molecular flexibility index (Phi) is 4.27. The van der Waals surface area contributed by atoms with Crippen LogP contribution in [0, 0.1) is 11.2 Å². The van der Waals surface area contributed by atoms with Crippen LogP contribution in [-0.4, -0.2) is 23.1 Å². The second-order valence-corrected chi connectivity index (χ2v) is 7.62. The Balaban J connectivity index is 1.59. The molecule has 4 rings (SSSR count). The van der Waals surface area contributed by atoms with Gasteiger partial charge in [0, 0.05) is 30.1 Å². The minimum Gasteiger partial charge on any atom is -0.316 e. The number of nitrogens with one attached hydrogen (secondary N) is 1. The molecule has 1 aromatic heterocycles. The normalized spacial score (nSPS) is 26.3. The van der Waals surface area contributed by atoms with Crippen LogP contribution >= 0.6 is 11.6 Å². The van der Waals surface area contributed by atoms with Gasteiger partial charge >= 0.3 is 0 Å². The summed E-state index contributed by atoms with van der Waals surface area (Å²) < 4.78 is 13.3. The zero-order valence-electron chi connectivity index (χ0n) is 13.6. The fourth-order valence-corrected chi connectivity index (χ4v) is 4.60. The summed E-state index contributed by atoms with van der Waals surface area (Å²) in [6.45, 7) is 2.27. The summed E-state index contributed by atoms with van der Waals surface area (Å²) >= 11 is 6.20. The van der Waals surface area contributed by atoms with Crippen LogP contribution in [0.2, 0.25) is 5.02 Å². The molecule has 2 heterocycles. The van der Waals surface area contributed by atoms with Crippen molar-refractivity contribution in [3.8, 4) is 0 Å². The lowest BCUT2D eigenvalue weighted by Crippen LogP contribution is -2.20. The molecule has 0 amide bonds. The van der Waals surface area contributed by atoms with Gasteiger partial charge in [-0.25, -0.2) is 14.4 Å². The minimum atomic E-state index is -0.306. The van der Waals surface area contributed by atoms with Gasteiger partial charge in [0.1, 0.15) is 12.1 Å². The van der Waals surface area contributed by atoms with Crippen molar-refractivity contribution in [2.45, 2.75) is 38.0 Å². The summed E-state index contributed by atoms with van der Waals surface area (Å²) in [5.41, 5.74) is 3.64. The molecule has 1 spiro atoms. The van der Waals surface area contributed by atoms with E-state index in [-0.39, 0.29) is 5.82 Å². The maximum atomic E-state index is 13.3. The first-order chi connectivity index (χ1) is 11.7. The molecule has 1 saturated carbocycles. The quantitative estimate of drug-likeness (QED) is 0.909. The van der Waals surface area contributed by atoms with E-state index in [2.05, 4.69) is 15.3 Å². The van der Waals surface area contributed by atoms with Crippen LogP contribution in [0.1, 0.15) is 48.4 Å². The summed E-state index contributed by atoms with van der Waals surface area (Å²) in [5.74, 6) is 0.182. The van der Waals surface area contributed by atoms with Gasteiger partial charge in [-0.15, -0.1) is 0 Å². The van der Waals surface area contributed by atoms with Gasteiger partial charge in [-0.1, -0.05) is 17.7 Å². The third-order valence-corrected chi connectivity index (χ3v) is 5.99. The van der Waals surface area contributed by atoms with Crippen molar-refractivity contribution in [2.75, 3.05) is 13.1 Å². The van der Waals surface area contributed by atoms with E-state index in [0.29, 0.717) is 22.8 Å². The Labute approximate surface area is 146 Å². The van der Waals surface area contributed by atoms with Crippen molar-refractivity contribution in [1.29, 1.82) is 0 Å². The average Bonchev–Trinajstić information content (AvgIpc) is 3.21. The van der Waals surface area contributed by atoms with Gasteiger partial charge in [0.25, 0.3) is 0 Å².